The molecule has 1 saturated heterocycles. The van der Waals surface area contributed by atoms with Crippen LogP contribution in [-0.2, 0) is 0 Å². The average molecular weight is 293 g/mol. The molecule has 0 radical (unpaired) electrons. The van der Waals surface area contributed by atoms with Crippen LogP contribution in [0.5, 0.6) is 0 Å². The number of nitrogens with zero attached hydrogens (tertiary/aromatic N) is 1. The number of aliphatic hydroxyl groups is 1. The predicted octanol–water partition coefficient (Wildman–Crippen LogP) is 2.88. The molecule has 3 nitrogen and oxygen atoms in total. The maximum absolute atomic E-state index is 13.2. The summed E-state index contributed by atoms with van der Waals surface area (Å²) >= 11 is 1.41. The minimum atomic E-state index is -0.279. The molecule has 1 fully saturated rings. The van der Waals surface area contributed by atoms with Crippen LogP contribution in [0.4, 0.5) is 4.39 Å². The Labute approximate surface area is 120 Å². The van der Waals surface area contributed by atoms with Crippen LogP contribution in [0, 0.1) is 11.7 Å². The summed E-state index contributed by atoms with van der Waals surface area (Å²) in [6.07, 6.45) is 1.70. The summed E-state index contributed by atoms with van der Waals surface area (Å²) in [4.78, 5) is 14.9. The zero-order chi connectivity index (χ0) is 14.1. The van der Waals surface area contributed by atoms with Gasteiger partial charge in [0.2, 0.25) is 0 Å². The number of fused-ring (bicyclic) bond motifs is 1. The molecule has 1 N–H and O–H groups in total. The molecule has 20 heavy (non-hydrogen) atoms. The summed E-state index contributed by atoms with van der Waals surface area (Å²) in [5.41, 5.74) is 0. The van der Waals surface area contributed by atoms with Crippen molar-refractivity contribution in [3.05, 3.63) is 35.0 Å². The highest BCUT2D eigenvalue weighted by Crippen LogP contribution is 2.29. The van der Waals surface area contributed by atoms with Crippen molar-refractivity contribution >= 4 is 27.3 Å². The van der Waals surface area contributed by atoms with Gasteiger partial charge in [0, 0.05) is 24.4 Å². The van der Waals surface area contributed by atoms with Crippen molar-refractivity contribution < 1.29 is 14.3 Å². The van der Waals surface area contributed by atoms with Crippen LogP contribution in [0.15, 0.2) is 24.3 Å². The second kappa shape index (κ2) is 5.50. The topological polar surface area (TPSA) is 40.5 Å². The van der Waals surface area contributed by atoms with E-state index in [0.29, 0.717) is 17.3 Å². The third kappa shape index (κ3) is 2.55. The maximum atomic E-state index is 13.2. The molecule has 5 heteroatoms. The monoisotopic (exact) mass is 293 g/mol. The van der Waals surface area contributed by atoms with Crippen LogP contribution >= 0.6 is 11.3 Å². The lowest BCUT2D eigenvalue weighted by molar-refractivity contribution is 0.0789. The molecule has 1 aromatic heterocycles. The van der Waals surface area contributed by atoms with Gasteiger partial charge in [-0.05, 0) is 48.4 Å². The molecule has 106 valence electrons. The predicted molar refractivity (Wildman–Crippen MR) is 77.5 cm³/mol. The summed E-state index contributed by atoms with van der Waals surface area (Å²) in [7, 11) is 0. The Morgan fingerprint density at radius 3 is 3.10 bits per heavy atom. The van der Waals surface area contributed by atoms with Gasteiger partial charge in [-0.25, -0.2) is 4.39 Å². The molecule has 0 saturated carbocycles. The van der Waals surface area contributed by atoms with E-state index in [2.05, 4.69) is 0 Å². The van der Waals surface area contributed by atoms with Crippen LogP contribution < -0.4 is 0 Å². The Kier molecular flexibility index (Phi) is 3.72. The van der Waals surface area contributed by atoms with Gasteiger partial charge < -0.3 is 10.0 Å². The van der Waals surface area contributed by atoms with E-state index in [0.717, 1.165) is 29.5 Å². The van der Waals surface area contributed by atoms with Crippen LogP contribution in [0.3, 0.4) is 0 Å². The normalized spacial score (nSPS) is 18.9. The number of aliphatic hydroxyl groups excluding tert-OH is 1. The number of likely N-dealkylation sites (tertiary alicyclic amines) is 1. The van der Waals surface area contributed by atoms with E-state index in [1.807, 2.05) is 4.90 Å². The molecule has 1 aromatic carbocycles. The fourth-order valence-corrected chi connectivity index (χ4v) is 3.72. The first kappa shape index (κ1) is 13.5. The number of carbonyl (C=O) groups excluding carboxylic acids is 1. The van der Waals surface area contributed by atoms with Crippen molar-refractivity contribution in [1.82, 2.24) is 4.90 Å². The summed E-state index contributed by atoms with van der Waals surface area (Å²) < 4.78 is 14.1. The number of hydrogen-bond acceptors (Lipinski definition) is 3. The van der Waals surface area contributed by atoms with Crippen LogP contribution in [0.1, 0.15) is 22.5 Å². The first-order valence-corrected chi connectivity index (χ1v) is 7.58. The van der Waals surface area contributed by atoms with Crippen molar-refractivity contribution in [2.45, 2.75) is 12.8 Å². The highest BCUT2D eigenvalue weighted by atomic mass is 32.1. The Balaban J connectivity index is 1.79. The van der Waals surface area contributed by atoms with Gasteiger partial charge in [-0.3, -0.25) is 4.79 Å². The van der Waals surface area contributed by atoms with Crippen molar-refractivity contribution in [2.75, 3.05) is 19.7 Å². The molecule has 1 amide bonds. The highest BCUT2D eigenvalue weighted by Gasteiger charge is 2.27. The first-order chi connectivity index (χ1) is 9.67. The number of rotatable bonds is 3. The van der Waals surface area contributed by atoms with E-state index >= 15 is 0 Å². The lowest BCUT2D eigenvalue weighted by Crippen LogP contribution is -2.28. The summed E-state index contributed by atoms with van der Waals surface area (Å²) in [5.74, 6) is 0.140. The molecule has 2 aromatic rings. The largest absolute Gasteiger partial charge is 0.396 e. The van der Waals surface area contributed by atoms with Gasteiger partial charge in [-0.1, -0.05) is 0 Å². The van der Waals surface area contributed by atoms with E-state index < -0.39 is 0 Å². The SMILES string of the molecule is O=C(c1cc2cc(F)ccc2s1)N1CCC(CCO)C1. The zero-order valence-corrected chi connectivity index (χ0v) is 11.8. The number of hydrogen-bond donors (Lipinski definition) is 1. The number of carbonyl (C=O) groups is 1. The number of thiophene rings is 1. The van der Waals surface area contributed by atoms with Crippen molar-refractivity contribution in [3.63, 3.8) is 0 Å². The molecule has 1 atom stereocenters. The fourth-order valence-electron chi connectivity index (χ4n) is 2.71. The Morgan fingerprint density at radius 2 is 2.30 bits per heavy atom. The number of benzene rings is 1. The zero-order valence-electron chi connectivity index (χ0n) is 11.0. The van der Waals surface area contributed by atoms with Gasteiger partial charge in [-0.2, -0.15) is 0 Å². The smallest absolute Gasteiger partial charge is 0.263 e. The molecule has 2 heterocycles. The molecule has 0 aliphatic carbocycles. The summed E-state index contributed by atoms with van der Waals surface area (Å²) in [6, 6.07) is 6.36. The summed E-state index contributed by atoms with van der Waals surface area (Å²) in [6.45, 7) is 1.63. The fraction of sp³-hybridized carbons (Fsp3) is 0.400. The molecular weight excluding hydrogens is 277 g/mol. The first-order valence-electron chi connectivity index (χ1n) is 6.76. The van der Waals surface area contributed by atoms with E-state index in [-0.39, 0.29) is 18.3 Å². The summed E-state index contributed by atoms with van der Waals surface area (Å²) in [5, 5.41) is 9.73. The minimum absolute atomic E-state index is 0.0204. The second-order valence-electron chi connectivity index (χ2n) is 5.21. The van der Waals surface area contributed by atoms with Crippen LogP contribution in [0.25, 0.3) is 10.1 Å². The maximum Gasteiger partial charge on any atom is 0.263 e. The quantitative estimate of drug-likeness (QED) is 0.945. The van der Waals surface area contributed by atoms with E-state index in [1.54, 1.807) is 12.1 Å². The second-order valence-corrected chi connectivity index (χ2v) is 6.29. The molecule has 0 bridgehead atoms. The van der Waals surface area contributed by atoms with Crippen LogP contribution in [-0.4, -0.2) is 35.6 Å². The third-order valence-corrected chi connectivity index (χ3v) is 4.90. The highest BCUT2D eigenvalue weighted by molar-refractivity contribution is 7.20. The van der Waals surface area contributed by atoms with Gasteiger partial charge in [-0.15, -0.1) is 11.3 Å². The molecule has 1 unspecified atom stereocenters. The number of amides is 1. The lowest BCUT2D eigenvalue weighted by atomic mass is 10.1. The van der Waals surface area contributed by atoms with Gasteiger partial charge in [0.05, 0.1) is 4.88 Å². The molecular formula is C15H16FNO2S. The third-order valence-electron chi connectivity index (χ3n) is 3.80. The standard InChI is InChI=1S/C15H16FNO2S/c16-12-1-2-13-11(7-12)8-14(20-13)15(19)17-5-3-10(9-17)4-6-18/h1-2,7-8,10,18H,3-6,9H2. The average Bonchev–Trinajstić information content (AvgIpc) is 3.04. The van der Waals surface area contributed by atoms with Crippen LogP contribution in [0.2, 0.25) is 0 Å². The van der Waals surface area contributed by atoms with E-state index in [4.69, 9.17) is 5.11 Å². The van der Waals surface area contributed by atoms with Crippen molar-refractivity contribution in [1.29, 1.82) is 0 Å². The lowest BCUT2D eigenvalue weighted by Gasteiger charge is -2.15. The number of halogens is 1. The van der Waals surface area contributed by atoms with Gasteiger partial charge >= 0.3 is 0 Å². The van der Waals surface area contributed by atoms with E-state index in [1.165, 1.54) is 23.5 Å². The minimum Gasteiger partial charge on any atom is -0.396 e. The van der Waals surface area contributed by atoms with Crippen molar-refractivity contribution in [3.8, 4) is 0 Å². The van der Waals surface area contributed by atoms with Gasteiger partial charge in [0.1, 0.15) is 5.82 Å². The van der Waals surface area contributed by atoms with Gasteiger partial charge in [0.15, 0.2) is 0 Å². The van der Waals surface area contributed by atoms with Crippen molar-refractivity contribution in [2.24, 2.45) is 5.92 Å². The molecule has 1 aliphatic rings. The molecule has 0 spiro atoms. The Hall–Kier alpha value is -1.46. The molecule has 3 rings (SSSR count). The Bertz CT molecular complexity index is 640. The van der Waals surface area contributed by atoms with E-state index in [9.17, 15) is 9.18 Å². The van der Waals surface area contributed by atoms with Gasteiger partial charge in [0.25, 0.3) is 5.91 Å². The molecule has 1 aliphatic heterocycles. The Morgan fingerprint density at radius 1 is 1.45 bits per heavy atom.